The van der Waals surface area contributed by atoms with Crippen LogP contribution in [-0.4, -0.2) is 41.7 Å². The van der Waals surface area contributed by atoms with Gasteiger partial charge in [-0.2, -0.15) is 0 Å². The molecule has 0 aromatic heterocycles. The standard InChI is InChI=1S/C7H14N2O2/c8-5-6(4-7(10)11)9-2-1-3-9/h6H,1-5,8H2,(H,10,11). The van der Waals surface area contributed by atoms with Crippen molar-refractivity contribution in [3.05, 3.63) is 0 Å². The van der Waals surface area contributed by atoms with Crippen molar-refractivity contribution in [3.63, 3.8) is 0 Å². The fourth-order valence-electron chi connectivity index (χ4n) is 1.27. The van der Waals surface area contributed by atoms with Gasteiger partial charge >= 0.3 is 5.97 Å². The van der Waals surface area contributed by atoms with Gasteiger partial charge in [-0.15, -0.1) is 0 Å². The maximum Gasteiger partial charge on any atom is 0.304 e. The first-order chi connectivity index (χ1) is 5.24. The summed E-state index contributed by atoms with van der Waals surface area (Å²) in [6, 6.07) is 0.0567. The highest BCUT2D eigenvalue weighted by Crippen LogP contribution is 2.12. The van der Waals surface area contributed by atoms with Crippen molar-refractivity contribution < 1.29 is 9.90 Å². The Bertz CT molecular complexity index is 145. The van der Waals surface area contributed by atoms with E-state index in [0.29, 0.717) is 6.54 Å². The third-order valence-corrected chi connectivity index (χ3v) is 2.09. The molecule has 1 aliphatic heterocycles. The SMILES string of the molecule is NCC(CC(=O)O)N1CCC1. The van der Waals surface area contributed by atoms with Crippen molar-refractivity contribution >= 4 is 5.97 Å². The molecular formula is C7H14N2O2. The first-order valence-corrected chi connectivity index (χ1v) is 3.90. The van der Waals surface area contributed by atoms with Crippen molar-refractivity contribution in [1.29, 1.82) is 0 Å². The van der Waals surface area contributed by atoms with E-state index in [4.69, 9.17) is 10.8 Å². The Morgan fingerprint density at radius 2 is 2.27 bits per heavy atom. The fraction of sp³-hybridized carbons (Fsp3) is 0.857. The molecule has 11 heavy (non-hydrogen) atoms. The molecule has 64 valence electrons. The highest BCUT2D eigenvalue weighted by Gasteiger charge is 2.24. The van der Waals surface area contributed by atoms with E-state index in [9.17, 15) is 4.79 Å². The number of likely N-dealkylation sites (tertiary alicyclic amines) is 1. The van der Waals surface area contributed by atoms with Crippen molar-refractivity contribution in [2.75, 3.05) is 19.6 Å². The van der Waals surface area contributed by atoms with Crippen molar-refractivity contribution in [1.82, 2.24) is 4.90 Å². The largest absolute Gasteiger partial charge is 0.481 e. The molecule has 1 fully saturated rings. The number of aliphatic carboxylic acids is 1. The summed E-state index contributed by atoms with van der Waals surface area (Å²) in [6.07, 6.45) is 1.35. The van der Waals surface area contributed by atoms with Gasteiger partial charge in [0.1, 0.15) is 0 Å². The molecule has 0 spiro atoms. The third-order valence-electron chi connectivity index (χ3n) is 2.09. The van der Waals surface area contributed by atoms with Gasteiger partial charge in [0.25, 0.3) is 0 Å². The van der Waals surface area contributed by atoms with Gasteiger partial charge in [0.15, 0.2) is 0 Å². The number of nitrogens with zero attached hydrogens (tertiary/aromatic N) is 1. The Kier molecular flexibility index (Phi) is 2.84. The maximum absolute atomic E-state index is 10.3. The lowest BCUT2D eigenvalue weighted by atomic mass is 10.1. The number of carboxylic acids is 1. The summed E-state index contributed by atoms with van der Waals surface area (Å²) in [5, 5.41) is 8.50. The van der Waals surface area contributed by atoms with Crippen LogP contribution in [-0.2, 0) is 4.79 Å². The number of rotatable bonds is 4. The van der Waals surface area contributed by atoms with E-state index in [1.54, 1.807) is 0 Å². The van der Waals surface area contributed by atoms with E-state index < -0.39 is 5.97 Å². The average Bonchev–Trinajstić information content (AvgIpc) is 1.81. The van der Waals surface area contributed by atoms with Gasteiger partial charge in [0, 0.05) is 12.6 Å². The van der Waals surface area contributed by atoms with Crippen LogP contribution in [0.2, 0.25) is 0 Å². The average molecular weight is 158 g/mol. The second-order valence-electron chi connectivity index (χ2n) is 2.88. The minimum absolute atomic E-state index is 0.0567. The number of hydrogen-bond acceptors (Lipinski definition) is 3. The number of carbonyl (C=O) groups is 1. The summed E-state index contributed by atoms with van der Waals surface area (Å²) in [5.74, 6) is -0.757. The Hall–Kier alpha value is -0.610. The second-order valence-corrected chi connectivity index (χ2v) is 2.88. The van der Waals surface area contributed by atoms with Crippen LogP contribution in [0.3, 0.4) is 0 Å². The van der Waals surface area contributed by atoms with Crippen LogP contribution in [0.5, 0.6) is 0 Å². The van der Waals surface area contributed by atoms with Crippen molar-refractivity contribution in [2.24, 2.45) is 5.73 Å². The Balaban J connectivity index is 2.29. The van der Waals surface area contributed by atoms with Crippen molar-refractivity contribution in [2.45, 2.75) is 18.9 Å². The van der Waals surface area contributed by atoms with Crippen LogP contribution in [0.15, 0.2) is 0 Å². The smallest absolute Gasteiger partial charge is 0.304 e. The minimum atomic E-state index is -0.757. The zero-order chi connectivity index (χ0) is 8.27. The van der Waals surface area contributed by atoms with Crippen LogP contribution in [0.4, 0.5) is 0 Å². The normalized spacial score (nSPS) is 20.8. The van der Waals surface area contributed by atoms with E-state index in [1.807, 2.05) is 0 Å². The van der Waals surface area contributed by atoms with Crippen LogP contribution >= 0.6 is 0 Å². The molecule has 1 unspecified atom stereocenters. The molecule has 3 N–H and O–H groups in total. The lowest BCUT2D eigenvalue weighted by Gasteiger charge is -2.37. The van der Waals surface area contributed by atoms with E-state index in [0.717, 1.165) is 13.1 Å². The Morgan fingerprint density at radius 3 is 2.55 bits per heavy atom. The molecule has 1 aliphatic rings. The highest BCUT2D eigenvalue weighted by atomic mass is 16.4. The quantitative estimate of drug-likeness (QED) is 0.578. The zero-order valence-electron chi connectivity index (χ0n) is 6.49. The van der Waals surface area contributed by atoms with Gasteiger partial charge < -0.3 is 10.8 Å². The van der Waals surface area contributed by atoms with Gasteiger partial charge in [-0.25, -0.2) is 0 Å². The molecule has 1 saturated heterocycles. The fourth-order valence-corrected chi connectivity index (χ4v) is 1.27. The van der Waals surface area contributed by atoms with Gasteiger partial charge in [0.05, 0.1) is 6.42 Å². The lowest BCUT2D eigenvalue weighted by molar-refractivity contribution is -0.138. The Labute approximate surface area is 66.0 Å². The number of nitrogens with two attached hydrogens (primary N) is 1. The molecule has 1 rings (SSSR count). The van der Waals surface area contributed by atoms with E-state index >= 15 is 0 Å². The summed E-state index contributed by atoms with van der Waals surface area (Å²) in [7, 11) is 0. The van der Waals surface area contributed by atoms with Gasteiger partial charge in [0.2, 0.25) is 0 Å². The van der Waals surface area contributed by atoms with Crippen molar-refractivity contribution in [3.8, 4) is 0 Å². The molecule has 4 nitrogen and oxygen atoms in total. The molecule has 4 heteroatoms. The summed E-state index contributed by atoms with van der Waals surface area (Å²) < 4.78 is 0. The predicted octanol–water partition coefficient (Wildman–Crippen LogP) is -0.506. The predicted molar refractivity (Wildman–Crippen MR) is 41.3 cm³/mol. The van der Waals surface area contributed by atoms with Crippen LogP contribution < -0.4 is 5.73 Å². The molecule has 0 aromatic rings. The molecule has 0 saturated carbocycles. The topological polar surface area (TPSA) is 66.6 Å². The van der Waals surface area contributed by atoms with Gasteiger partial charge in [-0.1, -0.05) is 0 Å². The summed E-state index contributed by atoms with van der Waals surface area (Å²) in [4.78, 5) is 12.5. The molecule has 0 bridgehead atoms. The highest BCUT2D eigenvalue weighted by molar-refractivity contribution is 5.67. The van der Waals surface area contributed by atoms with Crippen LogP contribution in [0.25, 0.3) is 0 Å². The van der Waals surface area contributed by atoms with Gasteiger partial charge in [-0.3, -0.25) is 9.69 Å². The summed E-state index contributed by atoms with van der Waals surface area (Å²) in [6.45, 7) is 2.47. The molecular weight excluding hydrogens is 144 g/mol. The van der Waals surface area contributed by atoms with Crippen LogP contribution in [0, 0.1) is 0 Å². The second kappa shape index (κ2) is 3.69. The first-order valence-electron chi connectivity index (χ1n) is 3.90. The molecule has 1 atom stereocenters. The number of hydrogen-bond donors (Lipinski definition) is 2. The lowest BCUT2D eigenvalue weighted by Crippen LogP contribution is -2.49. The molecule has 0 amide bonds. The Morgan fingerprint density at radius 1 is 1.64 bits per heavy atom. The zero-order valence-corrected chi connectivity index (χ0v) is 6.49. The molecule has 0 radical (unpaired) electrons. The van der Waals surface area contributed by atoms with Gasteiger partial charge in [-0.05, 0) is 19.5 Å². The maximum atomic E-state index is 10.3. The van der Waals surface area contributed by atoms with Crippen LogP contribution in [0.1, 0.15) is 12.8 Å². The third kappa shape index (κ3) is 2.17. The molecule has 0 aliphatic carbocycles. The first kappa shape index (κ1) is 8.49. The monoisotopic (exact) mass is 158 g/mol. The number of carboxylic acid groups (broad SMARTS) is 1. The molecule has 1 heterocycles. The van der Waals surface area contributed by atoms with E-state index in [-0.39, 0.29) is 12.5 Å². The summed E-state index contributed by atoms with van der Waals surface area (Å²) in [5.41, 5.74) is 5.43. The van der Waals surface area contributed by atoms with E-state index in [2.05, 4.69) is 4.90 Å². The summed E-state index contributed by atoms with van der Waals surface area (Å²) >= 11 is 0. The minimum Gasteiger partial charge on any atom is -0.481 e. The van der Waals surface area contributed by atoms with E-state index in [1.165, 1.54) is 6.42 Å². The molecule has 0 aromatic carbocycles.